The lowest BCUT2D eigenvalue weighted by atomic mass is 10.0. The van der Waals surface area contributed by atoms with Crippen LogP contribution in [-0.2, 0) is 14.3 Å². The topological polar surface area (TPSA) is 106 Å². The number of likely N-dealkylation sites (N-methyl/N-ethyl adjacent to an activating group) is 1. The first kappa shape index (κ1) is 28.1. The van der Waals surface area contributed by atoms with E-state index in [1.165, 1.54) is 27.6 Å². The number of pyridine rings is 1. The van der Waals surface area contributed by atoms with Gasteiger partial charge in [-0.2, -0.15) is 0 Å². The number of aliphatic carboxylic acids is 2. The predicted molar refractivity (Wildman–Crippen MR) is 154 cm³/mol. The molecule has 0 amide bonds. The van der Waals surface area contributed by atoms with Crippen molar-refractivity contribution in [2.24, 2.45) is 0 Å². The van der Waals surface area contributed by atoms with Gasteiger partial charge in [0.15, 0.2) is 0 Å². The number of fused-ring (bicyclic) bond motifs is 1. The van der Waals surface area contributed by atoms with E-state index >= 15 is 0 Å². The minimum atomic E-state index is -1.82. The first-order chi connectivity index (χ1) is 18.9. The van der Waals surface area contributed by atoms with E-state index in [1.807, 2.05) is 0 Å². The van der Waals surface area contributed by atoms with Crippen LogP contribution in [0.4, 0.5) is 11.5 Å². The number of carboxylic acid groups (broad SMARTS) is 2. The number of anilines is 2. The van der Waals surface area contributed by atoms with Crippen molar-refractivity contribution in [3.63, 3.8) is 0 Å². The number of hydrogen-bond donors (Lipinski definition) is 2. The lowest BCUT2D eigenvalue weighted by Gasteiger charge is -2.35. The first-order valence-electron chi connectivity index (χ1n) is 13.3. The molecule has 0 aliphatic carbocycles. The summed E-state index contributed by atoms with van der Waals surface area (Å²) in [6.45, 7) is 13.3. The van der Waals surface area contributed by atoms with Crippen LogP contribution in [0.5, 0.6) is 0 Å². The third-order valence-electron chi connectivity index (χ3n) is 7.11. The second-order valence-electron chi connectivity index (χ2n) is 9.60. The van der Waals surface area contributed by atoms with Crippen LogP contribution in [0.2, 0.25) is 0 Å². The van der Waals surface area contributed by atoms with Crippen LogP contribution < -0.4 is 9.80 Å². The number of carbonyl (C=O) groups is 2. The zero-order valence-corrected chi connectivity index (χ0v) is 22.5. The minimum absolute atomic E-state index is 0.810. The predicted octanol–water partition coefficient (Wildman–Crippen LogP) is 3.93. The van der Waals surface area contributed by atoms with Crippen LogP contribution >= 0.6 is 0 Å². The Labute approximate surface area is 228 Å². The van der Waals surface area contributed by atoms with Gasteiger partial charge < -0.3 is 29.6 Å². The number of rotatable bonds is 5. The van der Waals surface area contributed by atoms with Gasteiger partial charge in [-0.3, -0.25) is 0 Å². The van der Waals surface area contributed by atoms with Crippen molar-refractivity contribution >= 4 is 45.9 Å². The highest BCUT2D eigenvalue weighted by atomic mass is 16.5. The average molecular weight is 533 g/mol. The summed E-state index contributed by atoms with van der Waals surface area (Å²) in [6, 6.07) is 19.8. The standard InChI is InChI=1S/C28H34N4O.C2H2O4/c1-3-30-12-14-32(15-13-30)28-27-7-5-4-6-24(27)21-25(29-28)20-22(2)23-8-10-26(11-9-23)31-16-18-33-19-17-31;3-1(4)2(5)6/h4-11,20-21H,3,12-19H2,1-2H3;(H,3,4)(H,5,6). The Morgan fingerprint density at radius 1 is 0.897 bits per heavy atom. The Morgan fingerprint density at radius 3 is 2.15 bits per heavy atom. The number of piperazine rings is 1. The summed E-state index contributed by atoms with van der Waals surface area (Å²) in [4.78, 5) is 30.7. The Kier molecular flexibility index (Phi) is 9.51. The Bertz CT molecular complexity index is 1300. The number of morpholine rings is 1. The van der Waals surface area contributed by atoms with Crippen molar-refractivity contribution in [2.75, 3.05) is 68.8 Å². The molecule has 206 valence electrons. The molecule has 0 unspecified atom stereocenters. The molecule has 9 nitrogen and oxygen atoms in total. The molecule has 2 aliphatic heterocycles. The SMILES string of the molecule is CCN1CCN(c2nc(C=C(C)c3ccc(N4CCOCC4)cc3)cc3ccccc23)CC1.O=C(O)C(=O)O. The maximum absolute atomic E-state index is 9.10. The summed E-state index contributed by atoms with van der Waals surface area (Å²) in [5.41, 5.74) is 4.76. The van der Waals surface area contributed by atoms with Crippen molar-refractivity contribution < 1.29 is 24.5 Å². The van der Waals surface area contributed by atoms with Crippen molar-refractivity contribution in [1.82, 2.24) is 9.88 Å². The molecular formula is C30H36N4O5. The van der Waals surface area contributed by atoms with Crippen molar-refractivity contribution in [3.05, 3.63) is 65.9 Å². The van der Waals surface area contributed by atoms with Gasteiger partial charge >= 0.3 is 11.9 Å². The molecular weight excluding hydrogens is 496 g/mol. The van der Waals surface area contributed by atoms with Gasteiger partial charge in [0.05, 0.1) is 18.9 Å². The third-order valence-corrected chi connectivity index (χ3v) is 7.11. The normalized spacial score (nSPS) is 16.5. The number of hydrogen-bond acceptors (Lipinski definition) is 7. The zero-order chi connectivity index (χ0) is 27.8. The molecule has 0 bridgehead atoms. The van der Waals surface area contributed by atoms with Crippen LogP contribution in [0, 0.1) is 0 Å². The fourth-order valence-electron chi connectivity index (χ4n) is 4.85. The van der Waals surface area contributed by atoms with Crippen LogP contribution in [0.15, 0.2) is 54.6 Å². The van der Waals surface area contributed by atoms with E-state index in [2.05, 4.69) is 89.2 Å². The van der Waals surface area contributed by atoms with E-state index in [9.17, 15) is 0 Å². The maximum Gasteiger partial charge on any atom is 0.414 e. The summed E-state index contributed by atoms with van der Waals surface area (Å²) >= 11 is 0. The highest BCUT2D eigenvalue weighted by molar-refractivity contribution is 6.27. The van der Waals surface area contributed by atoms with Crippen molar-refractivity contribution in [1.29, 1.82) is 0 Å². The molecule has 9 heteroatoms. The molecule has 39 heavy (non-hydrogen) atoms. The fourth-order valence-corrected chi connectivity index (χ4v) is 4.85. The van der Waals surface area contributed by atoms with Gasteiger partial charge in [0, 0.05) is 50.3 Å². The van der Waals surface area contributed by atoms with Crippen LogP contribution in [-0.4, -0.2) is 91.1 Å². The monoisotopic (exact) mass is 532 g/mol. The van der Waals surface area contributed by atoms with E-state index in [-0.39, 0.29) is 0 Å². The summed E-state index contributed by atoms with van der Waals surface area (Å²) < 4.78 is 5.48. The molecule has 0 spiro atoms. The fraction of sp³-hybridized carbons (Fsp3) is 0.367. The Hall–Kier alpha value is -3.95. The van der Waals surface area contributed by atoms with E-state index < -0.39 is 11.9 Å². The van der Waals surface area contributed by atoms with Gasteiger partial charge in [0.25, 0.3) is 0 Å². The van der Waals surface area contributed by atoms with Gasteiger partial charge in [0.2, 0.25) is 0 Å². The number of carboxylic acids is 2. The van der Waals surface area contributed by atoms with Gasteiger partial charge in [-0.15, -0.1) is 0 Å². The lowest BCUT2D eigenvalue weighted by molar-refractivity contribution is -0.159. The van der Waals surface area contributed by atoms with Crippen molar-refractivity contribution in [3.8, 4) is 0 Å². The number of ether oxygens (including phenoxy) is 1. The highest BCUT2D eigenvalue weighted by Gasteiger charge is 2.19. The summed E-state index contributed by atoms with van der Waals surface area (Å²) in [5.74, 6) is -2.53. The largest absolute Gasteiger partial charge is 0.473 e. The molecule has 0 atom stereocenters. The second-order valence-corrected chi connectivity index (χ2v) is 9.60. The lowest BCUT2D eigenvalue weighted by Crippen LogP contribution is -2.46. The van der Waals surface area contributed by atoms with Gasteiger partial charge in [-0.1, -0.05) is 43.3 Å². The molecule has 2 saturated heterocycles. The summed E-state index contributed by atoms with van der Waals surface area (Å²) in [7, 11) is 0. The second kappa shape index (κ2) is 13.2. The molecule has 0 radical (unpaired) electrons. The van der Waals surface area contributed by atoms with Gasteiger partial charge in [-0.25, -0.2) is 14.6 Å². The zero-order valence-electron chi connectivity index (χ0n) is 22.5. The number of aromatic nitrogens is 1. The Balaban J connectivity index is 0.000000531. The first-order valence-corrected chi connectivity index (χ1v) is 13.3. The molecule has 5 rings (SSSR count). The Morgan fingerprint density at radius 2 is 1.54 bits per heavy atom. The van der Waals surface area contributed by atoms with E-state index in [4.69, 9.17) is 29.5 Å². The van der Waals surface area contributed by atoms with Gasteiger partial charge in [-0.05, 0) is 54.3 Å². The van der Waals surface area contributed by atoms with Crippen LogP contribution in [0.3, 0.4) is 0 Å². The summed E-state index contributed by atoms with van der Waals surface area (Å²) in [5, 5.41) is 17.3. The minimum Gasteiger partial charge on any atom is -0.473 e. The number of allylic oxidation sites excluding steroid dienone is 1. The smallest absolute Gasteiger partial charge is 0.414 e. The van der Waals surface area contributed by atoms with E-state index in [0.717, 1.165) is 70.5 Å². The average Bonchev–Trinajstić information content (AvgIpc) is 2.97. The molecule has 3 aromatic rings. The van der Waals surface area contributed by atoms with E-state index in [0.29, 0.717) is 0 Å². The van der Waals surface area contributed by atoms with Gasteiger partial charge in [0.1, 0.15) is 5.82 Å². The highest BCUT2D eigenvalue weighted by Crippen LogP contribution is 2.29. The molecule has 2 N–H and O–H groups in total. The number of benzene rings is 2. The summed E-state index contributed by atoms with van der Waals surface area (Å²) in [6.07, 6.45) is 2.22. The third kappa shape index (κ3) is 7.34. The molecule has 3 heterocycles. The molecule has 0 saturated carbocycles. The van der Waals surface area contributed by atoms with Crippen LogP contribution in [0.25, 0.3) is 22.4 Å². The van der Waals surface area contributed by atoms with Crippen LogP contribution in [0.1, 0.15) is 25.1 Å². The molecule has 1 aromatic heterocycles. The molecule has 2 aliphatic rings. The quantitative estimate of drug-likeness (QED) is 0.473. The maximum atomic E-state index is 9.10. The molecule has 2 aromatic carbocycles. The number of nitrogens with zero attached hydrogens (tertiary/aromatic N) is 4. The van der Waals surface area contributed by atoms with Crippen molar-refractivity contribution in [2.45, 2.75) is 13.8 Å². The van der Waals surface area contributed by atoms with E-state index in [1.54, 1.807) is 0 Å². The molecule has 2 fully saturated rings.